The van der Waals surface area contributed by atoms with E-state index >= 15 is 0 Å². The van der Waals surface area contributed by atoms with Crippen molar-refractivity contribution in [1.29, 1.82) is 0 Å². The van der Waals surface area contributed by atoms with E-state index in [0.717, 1.165) is 0 Å². The average Bonchev–Trinajstić information content (AvgIpc) is 2.15. The Labute approximate surface area is 99.1 Å². The topological polar surface area (TPSA) is 119 Å². The Balaban J connectivity index is 4.36. The Bertz CT molecular complexity index is 310. The molecule has 2 unspecified atom stereocenters. The summed E-state index contributed by atoms with van der Waals surface area (Å²) in [5.41, 5.74) is 0. The van der Waals surface area contributed by atoms with E-state index in [0.29, 0.717) is 0 Å². The molecule has 2 N–H and O–H groups in total. The van der Waals surface area contributed by atoms with E-state index in [1.54, 1.807) is 0 Å². The van der Waals surface area contributed by atoms with Crippen LogP contribution >= 0.6 is 16.5 Å². The highest BCUT2D eigenvalue weighted by Crippen LogP contribution is 2.21. The Morgan fingerprint density at radius 1 is 1.24 bits per heavy atom. The Hall–Kier alpha value is -0.750. The lowest BCUT2D eigenvalue weighted by Crippen LogP contribution is -2.25. The van der Waals surface area contributed by atoms with Crippen LogP contribution in [0.2, 0.25) is 0 Å². The normalized spacial score (nSPS) is 13.8. The van der Waals surface area contributed by atoms with Crippen LogP contribution in [0, 0.1) is 5.92 Å². The zero-order valence-corrected chi connectivity index (χ0v) is 10.7. The first-order chi connectivity index (χ1) is 7.82. The largest absolute Gasteiger partial charge is 0.694 e. The standard InChI is InChI=1S/C7H10O8P2/c1-5(2)15-7(8)6(3-13-16(9)10)4-14-17(11)12/h6H,1,3-4H2,2H3/p+2. The minimum absolute atomic E-state index is 0.113. The smallest absolute Gasteiger partial charge is 0.432 e. The van der Waals surface area contributed by atoms with Gasteiger partial charge in [-0.1, -0.05) is 6.58 Å². The third-order valence-electron chi connectivity index (χ3n) is 1.38. The van der Waals surface area contributed by atoms with Gasteiger partial charge < -0.3 is 4.74 Å². The molecule has 17 heavy (non-hydrogen) atoms. The van der Waals surface area contributed by atoms with Crippen molar-refractivity contribution in [3.05, 3.63) is 12.3 Å². The molecule has 0 bridgehead atoms. The zero-order chi connectivity index (χ0) is 13.4. The first-order valence-corrected chi connectivity index (χ1v) is 6.54. The Morgan fingerprint density at radius 3 is 1.94 bits per heavy atom. The molecule has 0 amide bonds. The van der Waals surface area contributed by atoms with Gasteiger partial charge in [0.25, 0.3) is 0 Å². The fourth-order valence-corrected chi connectivity index (χ4v) is 1.36. The van der Waals surface area contributed by atoms with Crippen molar-refractivity contribution in [2.45, 2.75) is 6.92 Å². The van der Waals surface area contributed by atoms with Crippen LogP contribution in [0.5, 0.6) is 0 Å². The summed E-state index contributed by atoms with van der Waals surface area (Å²) in [7, 11) is -5.75. The second-order valence-electron chi connectivity index (χ2n) is 2.89. The number of hydrogen-bond acceptors (Lipinski definition) is 6. The molecule has 10 heteroatoms. The van der Waals surface area contributed by atoms with E-state index in [2.05, 4.69) is 20.4 Å². The van der Waals surface area contributed by atoms with E-state index in [1.807, 2.05) is 0 Å². The predicted octanol–water partition coefficient (Wildman–Crippen LogP) is 1.01. The van der Waals surface area contributed by atoms with Crippen molar-refractivity contribution in [1.82, 2.24) is 0 Å². The van der Waals surface area contributed by atoms with Crippen molar-refractivity contribution in [3.63, 3.8) is 0 Å². The molecule has 8 nitrogen and oxygen atoms in total. The fraction of sp³-hybridized carbons (Fsp3) is 0.571. The van der Waals surface area contributed by atoms with Crippen LogP contribution in [-0.2, 0) is 27.7 Å². The Kier molecular flexibility index (Phi) is 7.99. The summed E-state index contributed by atoms with van der Waals surface area (Å²) in [6, 6.07) is 0. The van der Waals surface area contributed by atoms with E-state index in [1.165, 1.54) is 6.92 Å². The molecule has 0 spiro atoms. The van der Waals surface area contributed by atoms with E-state index in [-0.39, 0.29) is 5.76 Å². The van der Waals surface area contributed by atoms with Gasteiger partial charge >= 0.3 is 22.5 Å². The number of carbonyl (C=O) groups excluding carboxylic acids is 1. The van der Waals surface area contributed by atoms with E-state index in [4.69, 9.17) is 9.79 Å². The monoisotopic (exact) mass is 286 g/mol. The van der Waals surface area contributed by atoms with Crippen LogP contribution < -0.4 is 0 Å². The molecule has 0 aliphatic carbocycles. The number of hydrogen-bond donors (Lipinski definition) is 2. The highest BCUT2D eigenvalue weighted by molar-refractivity contribution is 7.32. The highest BCUT2D eigenvalue weighted by Gasteiger charge is 2.30. The maximum Gasteiger partial charge on any atom is 0.694 e. The fourth-order valence-electron chi connectivity index (χ4n) is 0.747. The van der Waals surface area contributed by atoms with Gasteiger partial charge in [0.05, 0.1) is 5.76 Å². The minimum Gasteiger partial charge on any atom is -0.432 e. The minimum atomic E-state index is -2.88. The third-order valence-corrected chi connectivity index (χ3v) is 2.12. The summed E-state index contributed by atoms with van der Waals surface area (Å²) in [6.07, 6.45) is 0. The zero-order valence-electron chi connectivity index (χ0n) is 8.94. The molecule has 0 fully saturated rings. The van der Waals surface area contributed by atoms with Crippen molar-refractivity contribution in [3.8, 4) is 0 Å². The summed E-state index contributed by atoms with van der Waals surface area (Å²) in [5, 5.41) is 0. The first-order valence-electron chi connectivity index (χ1n) is 4.28. The maximum atomic E-state index is 11.4. The van der Waals surface area contributed by atoms with Crippen molar-refractivity contribution in [2.75, 3.05) is 13.2 Å². The lowest BCUT2D eigenvalue weighted by molar-refractivity contribution is -0.146. The predicted molar refractivity (Wildman–Crippen MR) is 56.0 cm³/mol. The van der Waals surface area contributed by atoms with Crippen LogP contribution in [0.3, 0.4) is 0 Å². The lowest BCUT2D eigenvalue weighted by Gasteiger charge is -2.09. The van der Waals surface area contributed by atoms with Crippen LogP contribution in [-0.4, -0.2) is 29.0 Å². The van der Waals surface area contributed by atoms with E-state index in [9.17, 15) is 13.9 Å². The number of allylic oxidation sites excluding steroid dienone is 1. The Morgan fingerprint density at radius 2 is 1.65 bits per heavy atom. The van der Waals surface area contributed by atoms with Gasteiger partial charge in [-0.15, -0.1) is 18.8 Å². The van der Waals surface area contributed by atoms with Gasteiger partial charge in [0.15, 0.2) is 0 Å². The van der Waals surface area contributed by atoms with Crippen molar-refractivity contribution in [2.24, 2.45) is 5.92 Å². The number of ether oxygens (including phenoxy) is 1. The van der Waals surface area contributed by atoms with Crippen LogP contribution in [0.4, 0.5) is 0 Å². The number of rotatable bonds is 8. The molecule has 0 saturated carbocycles. The molecule has 0 rings (SSSR count). The molecule has 0 aromatic rings. The van der Waals surface area contributed by atoms with Gasteiger partial charge in [0, 0.05) is 9.13 Å². The van der Waals surface area contributed by atoms with E-state index < -0.39 is 41.6 Å². The van der Waals surface area contributed by atoms with Crippen LogP contribution in [0.15, 0.2) is 12.3 Å². The summed E-state index contributed by atoms with van der Waals surface area (Å²) in [5.74, 6) is -1.81. The van der Waals surface area contributed by atoms with Gasteiger partial charge in [-0.25, -0.2) is 0 Å². The number of esters is 1. The highest BCUT2D eigenvalue weighted by atomic mass is 31.1. The van der Waals surface area contributed by atoms with Crippen molar-refractivity contribution < 1.29 is 37.5 Å². The molecule has 0 saturated heterocycles. The molecule has 0 aliphatic rings. The number of carbonyl (C=O) groups is 1. The lowest BCUT2D eigenvalue weighted by atomic mass is 10.2. The maximum absolute atomic E-state index is 11.4. The summed E-state index contributed by atoms with van der Waals surface area (Å²) >= 11 is 0. The second-order valence-corrected chi connectivity index (χ2v) is 4.35. The average molecular weight is 286 g/mol. The molecular weight excluding hydrogens is 274 g/mol. The SMILES string of the molecule is C=C(C)OC(=O)C(CO[P+](=O)O)CO[P+](=O)O. The quantitative estimate of drug-likeness (QED) is 0.385. The molecule has 0 heterocycles. The van der Waals surface area contributed by atoms with Crippen LogP contribution in [0.25, 0.3) is 0 Å². The van der Waals surface area contributed by atoms with Gasteiger partial charge in [0.1, 0.15) is 19.1 Å². The van der Waals surface area contributed by atoms with Gasteiger partial charge in [-0.05, 0) is 6.92 Å². The molecule has 0 radical (unpaired) electrons. The van der Waals surface area contributed by atoms with Crippen molar-refractivity contribution >= 4 is 22.5 Å². The summed E-state index contributed by atoms with van der Waals surface area (Å²) in [4.78, 5) is 28.2. The molecule has 96 valence electrons. The summed E-state index contributed by atoms with van der Waals surface area (Å²) in [6.45, 7) is 3.81. The molecule has 0 aromatic heterocycles. The van der Waals surface area contributed by atoms with Crippen LogP contribution in [0.1, 0.15) is 6.92 Å². The van der Waals surface area contributed by atoms with Gasteiger partial charge in [-0.2, -0.15) is 0 Å². The molecule has 0 aliphatic heterocycles. The summed E-state index contributed by atoms with van der Waals surface area (Å²) < 4.78 is 33.9. The molecule has 2 atom stereocenters. The molecular formula is C7H12O8P2+2. The molecule has 0 aromatic carbocycles. The first kappa shape index (κ1) is 16.2. The second kappa shape index (κ2) is 8.36. The van der Waals surface area contributed by atoms with Gasteiger partial charge in [0.2, 0.25) is 0 Å². The third kappa shape index (κ3) is 9.00. The van der Waals surface area contributed by atoms with Gasteiger partial charge in [-0.3, -0.25) is 4.79 Å².